The number of hydrogen-bond acceptors (Lipinski definition) is 3. The van der Waals surface area contributed by atoms with Gasteiger partial charge >= 0.3 is 5.97 Å². The molecule has 2 rings (SSSR count). The maximum absolute atomic E-state index is 10.8. The Balaban J connectivity index is 2.55. The van der Waals surface area contributed by atoms with E-state index < -0.39 is 5.97 Å². The van der Waals surface area contributed by atoms with Crippen LogP contribution in [0.5, 0.6) is 0 Å². The molecule has 0 bridgehead atoms. The van der Waals surface area contributed by atoms with Crippen molar-refractivity contribution < 1.29 is 9.90 Å². The fraction of sp³-hybridized carbons (Fsp3) is 0.0769. The highest BCUT2D eigenvalue weighted by Gasteiger charge is 2.11. The zero-order valence-corrected chi connectivity index (χ0v) is 9.13. The van der Waals surface area contributed by atoms with Gasteiger partial charge in [-0.05, 0) is 11.1 Å². The van der Waals surface area contributed by atoms with E-state index in [0.29, 0.717) is 11.3 Å². The molecule has 0 aliphatic heterocycles. The molecule has 0 amide bonds. The number of nitrogens with two attached hydrogens (primary N) is 1. The van der Waals surface area contributed by atoms with Gasteiger partial charge in [-0.3, -0.25) is 9.78 Å². The Morgan fingerprint density at radius 3 is 2.59 bits per heavy atom. The molecule has 0 saturated carbocycles. The summed E-state index contributed by atoms with van der Waals surface area (Å²) < 4.78 is 0. The van der Waals surface area contributed by atoms with E-state index in [9.17, 15) is 4.79 Å². The van der Waals surface area contributed by atoms with Crippen LogP contribution in [0.25, 0.3) is 11.1 Å². The van der Waals surface area contributed by atoms with Crippen molar-refractivity contribution in [2.24, 2.45) is 0 Å². The van der Waals surface area contributed by atoms with E-state index in [1.807, 2.05) is 30.3 Å². The Morgan fingerprint density at radius 2 is 1.94 bits per heavy atom. The lowest BCUT2D eigenvalue weighted by Gasteiger charge is -2.10. The maximum Gasteiger partial charge on any atom is 0.307 e. The number of rotatable bonds is 3. The van der Waals surface area contributed by atoms with Crippen LogP contribution < -0.4 is 5.73 Å². The van der Waals surface area contributed by atoms with Gasteiger partial charge < -0.3 is 10.8 Å². The Morgan fingerprint density at radius 1 is 1.24 bits per heavy atom. The first-order valence-corrected chi connectivity index (χ1v) is 5.18. The molecule has 1 aromatic carbocycles. The number of carboxylic acids is 1. The summed E-state index contributed by atoms with van der Waals surface area (Å²) in [4.78, 5) is 14.7. The smallest absolute Gasteiger partial charge is 0.307 e. The molecule has 2 aromatic rings. The Hall–Kier alpha value is -2.36. The normalized spacial score (nSPS) is 10.1. The van der Waals surface area contributed by atoms with Crippen molar-refractivity contribution in [1.29, 1.82) is 0 Å². The minimum atomic E-state index is -0.894. The molecule has 0 saturated heterocycles. The van der Waals surface area contributed by atoms with Crippen LogP contribution in [0.4, 0.5) is 5.69 Å². The second-order valence-electron chi connectivity index (χ2n) is 3.70. The largest absolute Gasteiger partial charge is 0.481 e. The highest BCUT2D eigenvalue weighted by molar-refractivity contribution is 5.82. The molecule has 86 valence electrons. The van der Waals surface area contributed by atoms with E-state index in [1.165, 1.54) is 6.20 Å². The van der Waals surface area contributed by atoms with E-state index in [2.05, 4.69) is 4.98 Å². The van der Waals surface area contributed by atoms with Crippen molar-refractivity contribution in [1.82, 2.24) is 4.98 Å². The van der Waals surface area contributed by atoms with Crippen LogP contribution >= 0.6 is 0 Å². The van der Waals surface area contributed by atoms with Gasteiger partial charge in [0, 0.05) is 11.8 Å². The molecule has 0 atom stereocenters. The predicted octanol–water partition coefficient (Wildman–Crippen LogP) is 1.96. The summed E-state index contributed by atoms with van der Waals surface area (Å²) in [5.74, 6) is -0.894. The summed E-state index contributed by atoms with van der Waals surface area (Å²) in [6.45, 7) is 0. The minimum absolute atomic E-state index is 0.0811. The molecule has 0 spiro atoms. The van der Waals surface area contributed by atoms with Crippen LogP contribution in [0.2, 0.25) is 0 Å². The Kier molecular flexibility index (Phi) is 3.05. The first kappa shape index (κ1) is 11.1. The first-order valence-electron chi connectivity index (χ1n) is 5.18. The second-order valence-corrected chi connectivity index (χ2v) is 3.70. The van der Waals surface area contributed by atoms with Gasteiger partial charge in [0.2, 0.25) is 0 Å². The third kappa shape index (κ3) is 2.42. The molecule has 0 fully saturated rings. The van der Waals surface area contributed by atoms with Gasteiger partial charge in [-0.25, -0.2) is 0 Å². The Bertz CT molecular complexity index is 538. The second kappa shape index (κ2) is 4.65. The number of carbonyl (C=O) groups is 1. The number of benzene rings is 1. The summed E-state index contributed by atoms with van der Waals surface area (Å²) in [6.07, 6.45) is 3.00. The first-order chi connectivity index (χ1) is 8.18. The van der Waals surface area contributed by atoms with Gasteiger partial charge in [-0.1, -0.05) is 30.3 Å². The van der Waals surface area contributed by atoms with Crippen LogP contribution in [0.1, 0.15) is 5.56 Å². The SMILES string of the molecule is Nc1cncc(CC(=O)O)c1-c1ccccc1. The zero-order valence-electron chi connectivity index (χ0n) is 9.13. The number of nitrogens with zero attached hydrogens (tertiary/aromatic N) is 1. The lowest BCUT2D eigenvalue weighted by Crippen LogP contribution is -2.04. The average molecular weight is 228 g/mol. The molecule has 4 nitrogen and oxygen atoms in total. The maximum atomic E-state index is 10.8. The van der Waals surface area contributed by atoms with Crippen molar-refractivity contribution in [3.8, 4) is 11.1 Å². The lowest BCUT2D eigenvalue weighted by molar-refractivity contribution is -0.136. The number of anilines is 1. The van der Waals surface area contributed by atoms with Crippen LogP contribution in [0.15, 0.2) is 42.7 Å². The van der Waals surface area contributed by atoms with Gasteiger partial charge in [0.05, 0.1) is 18.3 Å². The van der Waals surface area contributed by atoms with Crippen molar-refractivity contribution in [2.75, 3.05) is 5.73 Å². The average Bonchev–Trinajstić information content (AvgIpc) is 2.29. The number of hydrogen-bond donors (Lipinski definition) is 2. The van der Waals surface area contributed by atoms with Crippen molar-refractivity contribution >= 4 is 11.7 Å². The fourth-order valence-electron chi connectivity index (χ4n) is 1.78. The van der Waals surface area contributed by atoms with Gasteiger partial charge in [-0.2, -0.15) is 0 Å². The van der Waals surface area contributed by atoms with Crippen LogP contribution in [0, 0.1) is 0 Å². The number of aliphatic carboxylic acids is 1. The van der Waals surface area contributed by atoms with Crippen LogP contribution in [-0.4, -0.2) is 16.1 Å². The lowest BCUT2D eigenvalue weighted by atomic mass is 9.98. The van der Waals surface area contributed by atoms with Gasteiger partial charge in [0.1, 0.15) is 0 Å². The van der Waals surface area contributed by atoms with Crippen LogP contribution in [-0.2, 0) is 11.2 Å². The van der Waals surface area contributed by atoms with Crippen LogP contribution in [0.3, 0.4) is 0 Å². The van der Waals surface area contributed by atoms with Crippen molar-refractivity contribution in [2.45, 2.75) is 6.42 Å². The van der Waals surface area contributed by atoms with Crippen molar-refractivity contribution in [3.63, 3.8) is 0 Å². The highest BCUT2D eigenvalue weighted by atomic mass is 16.4. The number of nitrogen functional groups attached to an aromatic ring is 1. The molecule has 3 N–H and O–H groups in total. The zero-order chi connectivity index (χ0) is 12.3. The molecule has 4 heteroatoms. The molecular weight excluding hydrogens is 216 g/mol. The van der Waals surface area contributed by atoms with Crippen molar-refractivity contribution in [3.05, 3.63) is 48.3 Å². The quantitative estimate of drug-likeness (QED) is 0.841. The summed E-state index contributed by atoms with van der Waals surface area (Å²) >= 11 is 0. The molecule has 17 heavy (non-hydrogen) atoms. The third-order valence-corrected chi connectivity index (χ3v) is 2.46. The molecule has 0 aliphatic rings. The van der Waals surface area contributed by atoms with Gasteiger partial charge in [0.15, 0.2) is 0 Å². The van der Waals surface area contributed by atoms with Gasteiger partial charge in [0.25, 0.3) is 0 Å². The monoisotopic (exact) mass is 228 g/mol. The van der Waals surface area contributed by atoms with E-state index in [-0.39, 0.29) is 6.42 Å². The number of carboxylic acid groups (broad SMARTS) is 1. The van der Waals surface area contributed by atoms with E-state index in [1.54, 1.807) is 6.20 Å². The third-order valence-electron chi connectivity index (χ3n) is 2.46. The molecule has 0 radical (unpaired) electrons. The molecule has 1 aromatic heterocycles. The summed E-state index contributed by atoms with van der Waals surface area (Å²) in [7, 11) is 0. The summed E-state index contributed by atoms with van der Waals surface area (Å²) in [6, 6.07) is 9.48. The fourth-order valence-corrected chi connectivity index (χ4v) is 1.78. The summed E-state index contributed by atoms with van der Waals surface area (Å²) in [5.41, 5.74) is 8.66. The number of pyridine rings is 1. The highest BCUT2D eigenvalue weighted by Crippen LogP contribution is 2.28. The molecular formula is C13H12N2O2. The van der Waals surface area contributed by atoms with E-state index >= 15 is 0 Å². The molecule has 0 aliphatic carbocycles. The van der Waals surface area contributed by atoms with Gasteiger partial charge in [-0.15, -0.1) is 0 Å². The molecule has 0 unspecified atom stereocenters. The Labute approximate surface area is 98.7 Å². The van der Waals surface area contributed by atoms with E-state index in [4.69, 9.17) is 10.8 Å². The minimum Gasteiger partial charge on any atom is -0.481 e. The molecule has 1 heterocycles. The predicted molar refractivity (Wildman–Crippen MR) is 65.4 cm³/mol. The number of aromatic nitrogens is 1. The topological polar surface area (TPSA) is 76.2 Å². The summed E-state index contributed by atoms with van der Waals surface area (Å²) in [5, 5.41) is 8.86. The standard InChI is InChI=1S/C13H12N2O2/c14-11-8-15-7-10(6-12(16)17)13(11)9-4-2-1-3-5-9/h1-5,7-8H,6,14H2,(H,16,17). The van der Waals surface area contributed by atoms with E-state index in [0.717, 1.165) is 11.1 Å².